The van der Waals surface area contributed by atoms with Crippen molar-refractivity contribution in [2.75, 3.05) is 6.16 Å². The molecule has 1 aromatic heterocycles. The number of rotatable bonds is 8. The zero-order chi connectivity index (χ0) is 22.3. The van der Waals surface area contributed by atoms with Crippen LogP contribution in [0, 0.1) is 0 Å². The Morgan fingerprint density at radius 3 is 1.52 bits per heavy atom. The molecule has 0 fully saturated rings. The lowest BCUT2D eigenvalue weighted by Gasteiger charge is -2.28. The van der Waals surface area contributed by atoms with Gasteiger partial charge < -0.3 is 4.57 Å². The number of benzene rings is 4. The first kappa shape index (κ1) is 21.4. The van der Waals surface area contributed by atoms with Gasteiger partial charge in [0.05, 0.1) is 12.5 Å². The predicted molar refractivity (Wildman–Crippen MR) is 141 cm³/mol. The molecule has 162 valence electrons. The highest BCUT2D eigenvalue weighted by Crippen LogP contribution is 2.55. The normalized spacial score (nSPS) is 11.4. The highest BCUT2D eigenvalue weighted by atomic mass is 31.2. The molecule has 0 aliphatic rings. The van der Waals surface area contributed by atoms with Crippen LogP contribution in [0.1, 0.15) is 11.3 Å². The van der Waals surface area contributed by atoms with E-state index in [1.807, 2.05) is 12.5 Å². The van der Waals surface area contributed by atoms with E-state index in [2.05, 4.69) is 131 Å². The van der Waals surface area contributed by atoms with Crippen LogP contribution >= 0.6 is 7.26 Å². The minimum absolute atomic E-state index is 0.851. The Bertz CT molecular complexity index is 1170. The number of hydrogen-bond donors (Lipinski definition) is 0. The van der Waals surface area contributed by atoms with Crippen LogP contribution in [0.5, 0.6) is 0 Å². The van der Waals surface area contributed by atoms with Crippen molar-refractivity contribution in [1.82, 2.24) is 9.55 Å². The molecule has 0 aliphatic carbocycles. The summed E-state index contributed by atoms with van der Waals surface area (Å²) >= 11 is 0. The number of aromatic nitrogens is 2. The van der Waals surface area contributed by atoms with E-state index in [0.29, 0.717) is 0 Å². The number of aryl methyl sites for hydroxylation is 1. The van der Waals surface area contributed by atoms with Crippen LogP contribution in [0.3, 0.4) is 0 Å². The summed E-state index contributed by atoms with van der Waals surface area (Å²) in [6.45, 7) is 0.851. The molecule has 0 bridgehead atoms. The second-order valence-corrected chi connectivity index (χ2v) is 11.9. The van der Waals surface area contributed by atoms with Crippen LogP contribution in [-0.4, -0.2) is 15.7 Å². The van der Waals surface area contributed by atoms with Gasteiger partial charge in [-0.25, -0.2) is 4.98 Å². The summed E-state index contributed by atoms with van der Waals surface area (Å²) in [5.41, 5.74) is 2.58. The minimum Gasteiger partial charge on any atom is -0.330 e. The summed E-state index contributed by atoms with van der Waals surface area (Å²) in [5, 5.41) is 4.28. The van der Waals surface area contributed by atoms with Gasteiger partial charge in [-0.1, -0.05) is 84.9 Å². The average Bonchev–Trinajstić information content (AvgIpc) is 3.34. The van der Waals surface area contributed by atoms with Gasteiger partial charge >= 0.3 is 0 Å². The minimum atomic E-state index is -1.84. The van der Waals surface area contributed by atoms with Gasteiger partial charge in [-0.05, 0) is 42.0 Å². The Hall–Kier alpha value is -3.48. The molecule has 0 saturated heterocycles. The molecular weight excluding hydrogens is 419 g/mol. The van der Waals surface area contributed by atoms with E-state index in [9.17, 15) is 0 Å². The predicted octanol–water partition coefficient (Wildman–Crippen LogP) is 5.47. The molecule has 1 heterocycles. The van der Waals surface area contributed by atoms with Crippen molar-refractivity contribution < 1.29 is 0 Å². The summed E-state index contributed by atoms with van der Waals surface area (Å²) in [7, 11) is -1.84. The highest BCUT2D eigenvalue weighted by molar-refractivity contribution is 7.95. The molecule has 0 saturated carbocycles. The van der Waals surface area contributed by atoms with E-state index in [-0.39, 0.29) is 0 Å². The van der Waals surface area contributed by atoms with E-state index in [4.69, 9.17) is 0 Å². The first-order valence-electron chi connectivity index (χ1n) is 11.4. The Morgan fingerprint density at radius 1 is 0.576 bits per heavy atom. The van der Waals surface area contributed by atoms with Crippen molar-refractivity contribution in [2.45, 2.75) is 13.0 Å². The molecule has 4 aromatic carbocycles. The van der Waals surface area contributed by atoms with Gasteiger partial charge in [0.15, 0.2) is 0 Å². The van der Waals surface area contributed by atoms with Gasteiger partial charge in [0.1, 0.15) is 23.2 Å². The van der Waals surface area contributed by atoms with Gasteiger partial charge in [-0.3, -0.25) is 0 Å². The fourth-order valence-electron chi connectivity index (χ4n) is 4.64. The third-order valence-corrected chi connectivity index (χ3v) is 10.7. The monoisotopic (exact) mass is 447 g/mol. The molecule has 0 radical (unpaired) electrons. The van der Waals surface area contributed by atoms with Crippen LogP contribution in [0.2, 0.25) is 0 Å². The molecule has 5 aromatic rings. The standard InChI is InChI=1S/C30H28N2P/c1-5-13-26(14-6-1)24-32-25-31-23-27(32)21-22-33(28-15-7-2-8-16-28,29-17-9-3-10-18-29)30-19-11-4-12-20-30/h1-20,23,25H,21-22,24H2/q+1. The van der Waals surface area contributed by atoms with Gasteiger partial charge in [0, 0.05) is 24.9 Å². The van der Waals surface area contributed by atoms with Crippen LogP contribution in [0.15, 0.2) is 134 Å². The third kappa shape index (κ3) is 4.53. The molecule has 0 aliphatic heterocycles. The molecule has 33 heavy (non-hydrogen) atoms. The summed E-state index contributed by atoms with van der Waals surface area (Å²) < 4.78 is 2.30. The van der Waals surface area contributed by atoms with Crippen molar-refractivity contribution in [3.05, 3.63) is 145 Å². The molecule has 2 nitrogen and oxygen atoms in total. The van der Waals surface area contributed by atoms with Crippen LogP contribution in [0.4, 0.5) is 0 Å². The second kappa shape index (κ2) is 9.98. The molecule has 3 heteroatoms. The zero-order valence-electron chi connectivity index (χ0n) is 18.7. The van der Waals surface area contributed by atoms with Gasteiger partial charge in [0.25, 0.3) is 0 Å². The smallest absolute Gasteiger partial charge is 0.112 e. The molecule has 0 amide bonds. The Labute approximate surface area is 196 Å². The molecule has 0 spiro atoms. The van der Waals surface area contributed by atoms with Gasteiger partial charge in [0.2, 0.25) is 0 Å². The third-order valence-electron chi connectivity index (χ3n) is 6.29. The Kier molecular flexibility index (Phi) is 6.46. The zero-order valence-corrected chi connectivity index (χ0v) is 19.6. The second-order valence-electron chi connectivity index (χ2n) is 8.29. The van der Waals surface area contributed by atoms with Crippen LogP contribution in [-0.2, 0) is 13.0 Å². The van der Waals surface area contributed by atoms with Gasteiger partial charge in [-0.2, -0.15) is 0 Å². The lowest BCUT2D eigenvalue weighted by Crippen LogP contribution is -2.34. The average molecular weight is 448 g/mol. The first-order chi connectivity index (χ1) is 16.4. The quantitative estimate of drug-likeness (QED) is 0.289. The number of hydrogen-bond acceptors (Lipinski definition) is 1. The fourth-order valence-corrected chi connectivity index (χ4v) is 8.92. The molecule has 5 rings (SSSR count). The van der Waals surface area contributed by atoms with Crippen molar-refractivity contribution in [1.29, 1.82) is 0 Å². The SMILES string of the molecule is c1ccc(Cn2cncc2CC[P+](c2ccccc2)(c2ccccc2)c2ccccc2)cc1. The number of nitrogens with zero attached hydrogens (tertiary/aromatic N) is 2. The molecule has 0 N–H and O–H groups in total. The van der Waals surface area contributed by atoms with Crippen molar-refractivity contribution in [3.63, 3.8) is 0 Å². The van der Waals surface area contributed by atoms with Crippen LogP contribution in [0.25, 0.3) is 0 Å². The van der Waals surface area contributed by atoms with Crippen LogP contribution < -0.4 is 15.9 Å². The van der Waals surface area contributed by atoms with E-state index >= 15 is 0 Å². The molecule has 0 atom stereocenters. The lowest BCUT2D eigenvalue weighted by molar-refractivity contribution is 0.748. The molecule has 0 unspecified atom stereocenters. The summed E-state index contributed by atoms with van der Waals surface area (Å²) in [6.07, 6.45) is 6.04. The topological polar surface area (TPSA) is 17.8 Å². The summed E-state index contributed by atoms with van der Waals surface area (Å²) in [6, 6.07) is 43.9. The van der Waals surface area contributed by atoms with Crippen molar-refractivity contribution >= 4 is 23.2 Å². The van der Waals surface area contributed by atoms with E-state index in [0.717, 1.165) is 19.1 Å². The Morgan fingerprint density at radius 2 is 1.03 bits per heavy atom. The maximum absolute atomic E-state index is 4.51. The first-order valence-corrected chi connectivity index (χ1v) is 13.4. The number of imidazole rings is 1. The van der Waals surface area contributed by atoms with E-state index < -0.39 is 7.26 Å². The maximum Gasteiger partial charge on any atom is 0.112 e. The van der Waals surface area contributed by atoms with E-state index in [1.54, 1.807) is 0 Å². The fraction of sp³-hybridized carbons (Fsp3) is 0.100. The summed E-state index contributed by atoms with van der Waals surface area (Å²) in [4.78, 5) is 4.51. The molecular formula is C30H28N2P+. The van der Waals surface area contributed by atoms with Gasteiger partial charge in [-0.15, -0.1) is 0 Å². The maximum atomic E-state index is 4.51. The summed E-state index contributed by atoms with van der Waals surface area (Å²) in [5.74, 6) is 0. The van der Waals surface area contributed by atoms with Crippen molar-refractivity contribution in [2.24, 2.45) is 0 Å². The highest BCUT2D eigenvalue weighted by Gasteiger charge is 2.44. The Balaban J connectivity index is 1.56. The largest absolute Gasteiger partial charge is 0.330 e. The van der Waals surface area contributed by atoms with E-state index in [1.165, 1.54) is 27.2 Å². The lowest BCUT2D eigenvalue weighted by atomic mass is 10.2. The van der Waals surface area contributed by atoms with Crippen molar-refractivity contribution in [3.8, 4) is 0 Å².